The highest BCUT2D eigenvalue weighted by atomic mass is 16.5. The number of amides is 1. The molecule has 1 saturated heterocycles. The second-order valence-corrected chi connectivity index (χ2v) is 3.95. The molecule has 5 heteroatoms. The summed E-state index contributed by atoms with van der Waals surface area (Å²) in [5.74, 6) is -0.324. The maximum atomic E-state index is 11.3. The van der Waals surface area contributed by atoms with E-state index < -0.39 is 0 Å². The SMILES string of the molecule is COCC(=O)CN1CCCC(C(N)=O)C1. The van der Waals surface area contributed by atoms with E-state index >= 15 is 0 Å². The summed E-state index contributed by atoms with van der Waals surface area (Å²) in [5.41, 5.74) is 5.24. The van der Waals surface area contributed by atoms with Gasteiger partial charge in [-0.3, -0.25) is 14.5 Å². The van der Waals surface area contributed by atoms with E-state index in [1.807, 2.05) is 4.90 Å². The number of primary amides is 1. The van der Waals surface area contributed by atoms with E-state index in [1.165, 1.54) is 7.11 Å². The minimum absolute atomic E-state index is 0.0441. The van der Waals surface area contributed by atoms with Crippen molar-refractivity contribution in [3.05, 3.63) is 0 Å². The Hall–Kier alpha value is -0.940. The van der Waals surface area contributed by atoms with Crippen molar-refractivity contribution in [1.82, 2.24) is 4.90 Å². The molecule has 1 unspecified atom stereocenters. The lowest BCUT2D eigenvalue weighted by atomic mass is 9.97. The molecule has 1 atom stereocenters. The number of piperidine rings is 1. The number of methoxy groups -OCH3 is 1. The number of ether oxygens (including phenoxy) is 1. The Bertz CT molecular complexity index is 243. The van der Waals surface area contributed by atoms with Crippen molar-refractivity contribution in [3.63, 3.8) is 0 Å². The molecular weight excluding hydrogens is 196 g/mol. The molecule has 1 aliphatic rings. The molecule has 0 saturated carbocycles. The van der Waals surface area contributed by atoms with E-state index in [0.717, 1.165) is 19.4 Å². The third-order valence-electron chi connectivity index (χ3n) is 2.61. The number of carbonyl (C=O) groups is 2. The largest absolute Gasteiger partial charge is 0.377 e. The Balaban J connectivity index is 2.36. The quantitative estimate of drug-likeness (QED) is 0.663. The number of Topliss-reactive ketones (excluding diaryl/α,β-unsaturated/α-hetero) is 1. The normalized spacial score (nSPS) is 22.6. The second kappa shape index (κ2) is 5.82. The van der Waals surface area contributed by atoms with Crippen LogP contribution >= 0.6 is 0 Å². The maximum absolute atomic E-state index is 11.3. The fourth-order valence-corrected chi connectivity index (χ4v) is 1.89. The van der Waals surface area contributed by atoms with Crippen LogP contribution in [-0.2, 0) is 14.3 Å². The predicted molar refractivity (Wildman–Crippen MR) is 55.2 cm³/mol. The first-order valence-corrected chi connectivity index (χ1v) is 5.15. The number of likely N-dealkylation sites (tertiary alicyclic amines) is 1. The summed E-state index contributed by atoms with van der Waals surface area (Å²) in [6.45, 7) is 1.96. The zero-order valence-electron chi connectivity index (χ0n) is 9.07. The van der Waals surface area contributed by atoms with Crippen LogP contribution in [0.1, 0.15) is 12.8 Å². The molecule has 1 rings (SSSR count). The van der Waals surface area contributed by atoms with Crippen molar-refractivity contribution in [1.29, 1.82) is 0 Å². The van der Waals surface area contributed by atoms with Gasteiger partial charge in [0, 0.05) is 13.7 Å². The number of ketones is 1. The average molecular weight is 214 g/mol. The average Bonchev–Trinajstić information content (AvgIpc) is 2.18. The van der Waals surface area contributed by atoms with Gasteiger partial charge in [0.25, 0.3) is 0 Å². The van der Waals surface area contributed by atoms with Gasteiger partial charge in [0.2, 0.25) is 5.91 Å². The van der Waals surface area contributed by atoms with Gasteiger partial charge >= 0.3 is 0 Å². The van der Waals surface area contributed by atoms with E-state index in [0.29, 0.717) is 13.1 Å². The highest BCUT2D eigenvalue weighted by Crippen LogP contribution is 2.15. The van der Waals surface area contributed by atoms with Crippen molar-refractivity contribution in [2.24, 2.45) is 11.7 Å². The molecule has 0 spiro atoms. The minimum Gasteiger partial charge on any atom is -0.377 e. The van der Waals surface area contributed by atoms with Gasteiger partial charge in [-0.25, -0.2) is 0 Å². The Morgan fingerprint density at radius 3 is 2.87 bits per heavy atom. The molecule has 0 bridgehead atoms. The number of hydrogen-bond donors (Lipinski definition) is 1. The third kappa shape index (κ3) is 3.97. The predicted octanol–water partition coefficient (Wildman–Crippen LogP) is -0.601. The molecule has 1 heterocycles. The van der Waals surface area contributed by atoms with E-state index in [1.54, 1.807) is 0 Å². The second-order valence-electron chi connectivity index (χ2n) is 3.95. The summed E-state index contributed by atoms with van der Waals surface area (Å²) in [4.78, 5) is 24.3. The summed E-state index contributed by atoms with van der Waals surface area (Å²) in [7, 11) is 1.50. The Morgan fingerprint density at radius 2 is 2.27 bits per heavy atom. The van der Waals surface area contributed by atoms with Gasteiger partial charge in [-0.15, -0.1) is 0 Å². The molecule has 5 nitrogen and oxygen atoms in total. The lowest BCUT2D eigenvalue weighted by molar-refractivity contribution is -0.127. The monoisotopic (exact) mass is 214 g/mol. The molecule has 1 fully saturated rings. The summed E-state index contributed by atoms with van der Waals surface area (Å²) in [6, 6.07) is 0. The van der Waals surface area contributed by atoms with Crippen LogP contribution in [0.5, 0.6) is 0 Å². The Morgan fingerprint density at radius 1 is 1.53 bits per heavy atom. The van der Waals surface area contributed by atoms with Crippen LogP contribution in [0.4, 0.5) is 0 Å². The van der Waals surface area contributed by atoms with Crippen LogP contribution in [0.3, 0.4) is 0 Å². The van der Waals surface area contributed by atoms with Crippen molar-refractivity contribution < 1.29 is 14.3 Å². The first-order chi connectivity index (χ1) is 7.13. The van der Waals surface area contributed by atoms with Crippen molar-refractivity contribution >= 4 is 11.7 Å². The number of hydrogen-bond acceptors (Lipinski definition) is 4. The van der Waals surface area contributed by atoms with Gasteiger partial charge in [0.1, 0.15) is 6.61 Å². The van der Waals surface area contributed by atoms with Crippen LogP contribution in [0.2, 0.25) is 0 Å². The molecule has 0 radical (unpaired) electrons. The molecular formula is C10H18N2O3. The third-order valence-corrected chi connectivity index (χ3v) is 2.61. The van der Waals surface area contributed by atoms with Crippen molar-refractivity contribution in [2.75, 3.05) is 33.4 Å². The smallest absolute Gasteiger partial charge is 0.221 e. The highest BCUT2D eigenvalue weighted by molar-refractivity contribution is 5.82. The Labute approximate surface area is 89.6 Å². The van der Waals surface area contributed by atoms with Crippen molar-refractivity contribution in [3.8, 4) is 0 Å². The molecule has 2 N–H and O–H groups in total. The van der Waals surface area contributed by atoms with Gasteiger partial charge < -0.3 is 10.5 Å². The molecule has 86 valence electrons. The topological polar surface area (TPSA) is 72.6 Å². The van der Waals surface area contributed by atoms with Crippen LogP contribution in [0.15, 0.2) is 0 Å². The van der Waals surface area contributed by atoms with Gasteiger partial charge in [-0.05, 0) is 19.4 Å². The highest BCUT2D eigenvalue weighted by Gasteiger charge is 2.24. The van der Waals surface area contributed by atoms with Gasteiger partial charge in [-0.2, -0.15) is 0 Å². The maximum Gasteiger partial charge on any atom is 0.221 e. The summed E-state index contributed by atoms with van der Waals surface area (Å²) in [6.07, 6.45) is 1.76. The number of rotatable bonds is 5. The van der Waals surface area contributed by atoms with Gasteiger partial charge in [0.15, 0.2) is 5.78 Å². The van der Waals surface area contributed by atoms with Crippen molar-refractivity contribution in [2.45, 2.75) is 12.8 Å². The fourth-order valence-electron chi connectivity index (χ4n) is 1.89. The molecule has 1 aliphatic heterocycles. The summed E-state index contributed by atoms with van der Waals surface area (Å²) < 4.78 is 4.75. The van der Waals surface area contributed by atoms with Crippen LogP contribution in [-0.4, -0.2) is 49.9 Å². The standard InChI is InChI=1S/C10H18N2O3/c1-15-7-9(13)6-12-4-2-3-8(5-12)10(11)14/h8H,2-7H2,1H3,(H2,11,14). The molecule has 0 aromatic heterocycles. The molecule has 15 heavy (non-hydrogen) atoms. The zero-order chi connectivity index (χ0) is 11.3. The molecule has 1 amide bonds. The first kappa shape index (κ1) is 12.1. The number of nitrogens with zero attached hydrogens (tertiary/aromatic N) is 1. The molecule has 0 aliphatic carbocycles. The van der Waals surface area contributed by atoms with E-state index in [9.17, 15) is 9.59 Å². The van der Waals surface area contributed by atoms with Gasteiger partial charge in [-0.1, -0.05) is 0 Å². The number of carbonyl (C=O) groups excluding carboxylic acids is 2. The first-order valence-electron chi connectivity index (χ1n) is 5.15. The van der Waals surface area contributed by atoms with Crippen LogP contribution < -0.4 is 5.73 Å². The number of nitrogens with two attached hydrogens (primary N) is 1. The fraction of sp³-hybridized carbons (Fsp3) is 0.800. The van der Waals surface area contributed by atoms with E-state index in [2.05, 4.69) is 0 Å². The molecule has 0 aromatic rings. The van der Waals surface area contributed by atoms with Gasteiger partial charge in [0.05, 0.1) is 12.5 Å². The minimum atomic E-state index is -0.265. The zero-order valence-corrected chi connectivity index (χ0v) is 9.07. The summed E-state index contributed by atoms with van der Waals surface area (Å²) in [5, 5.41) is 0. The summed E-state index contributed by atoms with van der Waals surface area (Å²) >= 11 is 0. The lowest BCUT2D eigenvalue weighted by Crippen LogP contribution is -2.43. The molecule has 0 aromatic carbocycles. The van der Waals surface area contributed by atoms with Crippen LogP contribution in [0.25, 0.3) is 0 Å². The van der Waals surface area contributed by atoms with E-state index in [-0.39, 0.29) is 24.2 Å². The van der Waals surface area contributed by atoms with E-state index in [4.69, 9.17) is 10.5 Å². The lowest BCUT2D eigenvalue weighted by Gasteiger charge is -2.30. The Kier molecular flexibility index (Phi) is 4.71. The van der Waals surface area contributed by atoms with Crippen LogP contribution in [0, 0.1) is 5.92 Å².